The van der Waals surface area contributed by atoms with Crippen molar-refractivity contribution in [2.75, 3.05) is 0 Å². The summed E-state index contributed by atoms with van der Waals surface area (Å²) in [6, 6.07) is 4.79. The Morgan fingerprint density at radius 2 is 2.31 bits per heavy atom. The molecule has 1 saturated carbocycles. The van der Waals surface area contributed by atoms with Gasteiger partial charge in [-0.2, -0.15) is 0 Å². The molecule has 1 aromatic carbocycles. The van der Waals surface area contributed by atoms with Gasteiger partial charge in [0.2, 0.25) is 0 Å². The second-order valence-electron chi connectivity index (χ2n) is 4.80. The second kappa shape index (κ2) is 4.34. The van der Waals surface area contributed by atoms with Gasteiger partial charge in [-0.3, -0.25) is 0 Å². The van der Waals surface area contributed by atoms with E-state index in [0.29, 0.717) is 22.9 Å². The van der Waals surface area contributed by atoms with Crippen LogP contribution >= 0.6 is 11.6 Å². The van der Waals surface area contributed by atoms with Crippen LogP contribution in [0.5, 0.6) is 0 Å². The van der Waals surface area contributed by atoms with Gasteiger partial charge < -0.3 is 5.73 Å². The van der Waals surface area contributed by atoms with Crippen LogP contribution in [0.25, 0.3) is 0 Å². The minimum absolute atomic E-state index is 0.220. The van der Waals surface area contributed by atoms with Crippen molar-refractivity contribution in [3.05, 3.63) is 34.6 Å². The number of halogens is 2. The molecule has 1 fully saturated rings. The molecule has 0 bridgehead atoms. The predicted octanol–water partition coefficient (Wildman–Crippen LogP) is 3.54. The number of hydrogen-bond donors (Lipinski definition) is 1. The summed E-state index contributed by atoms with van der Waals surface area (Å²) < 4.78 is 13.6. The average Bonchev–Trinajstić information content (AvgIpc) is 2.85. The third-order valence-electron chi connectivity index (χ3n) is 3.48. The van der Waals surface area contributed by atoms with E-state index in [1.807, 2.05) is 0 Å². The number of rotatable bonds is 4. The summed E-state index contributed by atoms with van der Waals surface area (Å²) in [5, 5.41) is 0.493. The molecule has 2 N–H and O–H groups in total. The summed E-state index contributed by atoms with van der Waals surface area (Å²) in [6.45, 7) is 2.15. The van der Waals surface area contributed by atoms with Gasteiger partial charge in [0.1, 0.15) is 5.82 Å². The zero-order valence-electron chi connectivity index (χ0n) is 9.47. The van der Waals surface area contributed by atoms with E-state index in [1.165, 1.54) is 6.07 Å². The van der Waals surface area contributed by atoms with Crippen LogP contribution < -0.4 is 5.73 Å². The fourth-order valence-electron chi connectivity index (χ4n) is 2.38. The quantitative estimate of drug-likeness (QED) is 0.857. The van der Waals surface area contributed by atoms with Gasteiger partial charge in [-0.25, -0.2) is 4.39 Å². The molecule has 2 unspecified atom stereocenters. The molecule has 16 heavy (non-hydrogen) atoms. The van der Waals surface area contributed by atoms with Crippen molar-refractivity contribution in [2.45, 2.75) is 38.1 Å². The average molecular weight is 242 g/mol. The Kier molecular flexibility index (Phi) is 3.22. The Balaban J connectivity index is 2.11. The lowest BCUT2D eigenvalue weighted by atomic mass is 10.0. The van der Waals surface area contributed by atoms with E-state index < -0.39 is 0 Å². The van der Waals surface area contributed by atoms with Gasteiger partial charge in [0, 0.05) is 16.1 Å². The standard InChI is InChI=1S/C13H17ClFN/c1-2-4-9-7-13(9,16)8-10-11(14)5-3-6-12(10)15/h3,5-6,9H,2,4,7-8,16H2,1H3. The molecule has 0 aromatic heterocycles. The number of nitrogens with two attached hydrogens (primary N) is 1. The van der Waals surface area contributed by atoms with Crippen LogP contribution in [0.2, 0.25) is 5.02 Å². The monoisotopic (exact) mass is 241 g/mol. The van der Waals surface area contributed by atoms with Gasteiger partial charge in [0.15, 0.2) is 0 Å². The fraction of sp³-hybridized carbons (Fsp3) is 0.538. The largest absolute Gasteiger partial charge is 0.325 e. The molecule has 0 amide bonds. The van der Waals surface area contributed by atoms with Crippen molar-refractivity contribution in [2.24, 2.45) is 11.7 Å². The van der Waals surface area contributed by atoms with Crippen molar-refractivity contribution in [3.8, 4) is 0 Å². The van der Waals surface area contributed by atoms with Crippen molar-refractivity contribution < 1.29 is 4.39 Å². The summed E-state index contributed by atoms with van der Waals surface area (Å²) in [6.07, 6.45) is 3.81. The molecule has 0 spiro atoms. The topological polar surface area (TPSA) is 26.0 Å². The summed E-state index contributed by atoms with van der Waals surface area (Å²) >= 11 is 5.99. The first kappa shape index (κ1) is 11.9. The van der Waals surface area contributed by atoms with Crippen LogP contribution in [0.3, 0.4) is 0 Å². The molecule has 1 nitrogen and oxygen atoms in total. The molecule has 0 aliphatic heterocycles. The molecule has 2 rings (SSSR count). The highest BCUT2D eigenvalue weighted by molar-refractivity contribution is 6.31. The van der Waals surface area contributed by atoms with Crippen LogP contribution in [0.15, 0.2) is 18.2 Å². The smallest absolute Gasteiger partial charge is 0.127 e. The van der Waals surface area contributed by atoms with Gasteiger partial charge in [0.05, 0.1) is 0 Å². The van der Waals surface area contributed by atoms with E-state index in [4.69, 9.17) is 17.3 Å². The minimum atomic E-state index is -0.237. The van der Waals surface area contributed by atoms with Crippen molar-refractivity contribution in [1.29, 1.82) is 0 Å². The maximum atomic E-state index is 13.6. The first-order valence-corrected chi connectivity index (χ1v) is 6.16. The van der Waals surface area contributed by atoms with Crippen LogP contribution in [-0.4, -0.2) is 5.54 Å². The molecule has 2 atom stereocenters. The van der Waals surface area contributed by atoms with Crippen molar-refractivity contribution >= 4 is 11.6 Å². The maximum Gasteiger partial charge on any atom is 0.127 e. The second-order valence-corrected chi connectivity index (χ2v) is 5.21. The normalized spacial score (nSPS) is 28.1. The SMILES string of the molecule is CCCC1CC1(N)Cc1c(F)cccc1Cl. The molecule has 1 aliphatic rings. The molecular formula is C13H17ClFN. The number of hydrogen-bond acceptors (Lipinski definition) is 1. The van der Waals surface area contributed by atoms with Gasteiger partial charge in [-0.15, -0.1) is 0 Å². The first-order chi connectivity index (χ1) is 7.57. The Hall–Kier alpha value is -0.600. The van der Waals surface area contributed by atoms with Gasteiger partial charge >= 0.3 is 0 Å². The zero-order chi connectivity index (χ0) is 11.8. The summed E-state index contributed by atoms with van der Waals surface area (Å²) in [4.78, 5) is 0. The third-order valence-corrected chi connectivity index (χ3v) is 3.84. The van der Waals surface area contributed by atoms with Gasteiger partial charge in [-0.05, 0) is 37.3 Å². The third kappa shape index (κ3) is 2.23. The molecule has 0 radical (unpaired) electrons. The lowest BCUT2D eigenvalue weighted by Crippen LogP contribution is -2.28. The fourth-order valence-corrected chi connectivity index (χ4v) is 2.61. The molecule has 88 valence electrons. The van der Waals surface area contributed by atoms with Crippen LogP contribution in [-0.2, 0) is 6.42 Å². The highest BCUT2D eigenvalue weighted by Crippen LogP contribution is 2.47. The Bertz CT molecular complexity index is 373. The van der Waals surface area contributed by atoms with E-state index in [0.717, 1.165) is 19.3 Å². The molecule has 0 heterocycles. The lowest BCUT2D eigenvalue weighted by molar-refractivity contribution is 0.534. The maximum absolute atomic E-state index is 13.6. The predicted molar refractivity (Wildman–Crippen MR) is 65.0 cm³/mol. The van der Waals surface area contributed by atoms with Crippen LogP contribution in [0.1, 0.15) is 31.7 Å². The molecule has 3 heteroatoms. The van der Waals surface area contributed by atoms with Crippen LogP contribution in [0.4, 0.5) is 4.39 Å². The van der Waals surface area contributed by atoms with E-state index >= 15 is 0 Å². The van der Waals surface area contributed by atoms with E-state index in [2.05, 4.69) is 6.92 Å². The summed E-state index contributed by atoms with van der Waals surface area (Å²) in [5.41, 5.74) is 6.58. The van der Waals surface area contributed by atoms with E-state index in [9.17, 15) is 4.39 Å². The highest BCUT2D eigenvalue weighted by Gasteiger charge is 2.50. The highest BCUT2D eigenvalue weighted by atomic mass is 35.5. The van der Waals surface area contributed by atoms with Crippen molar-refractivity contribution in [1.82, 2.24) is 0 Å². The van der Waals surface area contributed by atoms with Crippen LogP contribution in [0, 0.1) is 11.7 Å². The molecular weight excluding hydrogens is 225 g/mol. The Morgan fingerprint density at radius 1 is 1.56 bits per heavy atom. The van der Waals surface area contributed by atoms with Gasteiger partial charge in [-0.1, -0.05) is 31.0 Å². The summed E-state index contributed by atoms with van der Waals surface area (Å²) in [7, 11) is 0. The Morgan fingerprint density at radius 3 is 2.94 bits per heavy atom. The molecule has 0 saturated heterocycles. The molecule has 1 aliphatic carbocycles. The minimum Gasteiger partial charge on any atom is -0.325 e. The van der Waals surface area contributed by atoms with Crippen molar-refractivity contribution in [3.63, 3.8) is 0 Å². The first-order valence-electron chi connectivity index (χ1n) is 5.78. The summed E-state index contributed by atoms with van der Waals surface area (Å²) in [5.74, 6) is 0.299. The zero-order valence-corrected chi connectivity index (χ0v) is 10.2. The van der Waals surface area contributed by atoms with E-state index in [-0.39, 0.29) is 11.4 Å². The van der Waals surface area contributed by atoms with Gasteiger partial charge in [0.25, 0.3) is 0 Å². The lowest BCUT2D eigenvalue weighted by Gasteiger charge is -2.13. The van der Waals surface area contributed by atoms with E-state index in [1.54, 1.807) is 12.1 Å². The molecule has 1 aromatic rings. The number of benzene rings is 1. The Labute approximate surface area is 101 Å².